The number of hydrogen-bond donors (Lipinski definition) is 1. The van der Waals surface area contributed by atoms with Crippen molar-refractivity contribution in [2.45, 2.75) is 13.5 Å². The fourth-order valence-electron chi connectivity index (χ4n) is 1.73. The number of carbonyl (C=O) groups is 1. The third-order valence-corrected chi connectivity index (χ3v) is 2.80. The Labute approximate surface area is 111 Å². The smallest absolute Gasteiger partial charge is 0.176 e. The van der Waals surface area contributed by atoms with Crippen molar-refractivity contribution < 1.29 is 9.18 Å². The fourth-order valence-corrected chi connectivity index (χ4v) is 1.73. The lowest BCUT2D eigenvalue weighted by Crippen LogP contribution is -2.23. The Morgan fingerprint density at radius 2 is 2.16 bits per heavy atom. The summed E-state index contributed by atoms with van der Waals surface area (Å²) in [6, 6.07) is 10.0. The van der Waals surface area contributed by atoms with E-state index in [1.54, 1.807) is 19.2 Å². The molecule has 0 saturated heterocycles. The minimum absolute atomic E-state index is 0.0565. The van der Waals surface area contributed by atoms with Crippen LogP contribution in [0.4, 0.5) is 4.39 Å². The maximum absolute atomic E-state index is 13.1. The van der Waals surface area contributed by atoms with Crippen LogP contribution in [0.3, 0.4) is 0 Å². The fraction of sp³-hybridized carbons (Fsp3) is 0.200. The zero-order valence-electron chi connectivity index (χ0n) is 10.7. The van der Waals surface area contributed by atoms with Crippen LogP contribution in [0.2, 0.25) is 0 Å². The molecule has 0 radical (unpaired) electrons. The van der Waals surface area contributed by atoms with Gasteiger partial charge in [-0.3, -0.25) is 9.78 Å². The Hall–Kier alpha value is -2.07. The van der Waals surface area contributed by atoms with Crippen molar-refractivity contribution in [1.29, 1.82) is 0 Å². The van der Waals surface area contributed by atoms with Crippen LogP contribution in [0, 0.1) is 12.7 Å². The number of carbonyl (C=O) groups excluding carboxylic acids is 1. The molecule has 3 nitrogen and oxygen atoms in total. The molecule has 0 fully saturated rings. The molecule has 0 aliphatic rings. The number of hydrogen-bond acceptors (Lipinski definition) is 3. The number of nitrogens with one attached hydrogen (secondary N) is 1. The van der Waals surface area contributed by atoms with Gasteiger partial charge in [0.1, 0.15) is 5.82 Å². The van der Waals surface area contributed by atoms with E-state index in [0.717, 1.165) is 5.69 Å². The normalized spacial score (nSPS) is 10.4. The number of Topliss-reactive ketones (excluding diaryl/α,β-unsaturated/α-hetero) is 1. The van der Waals surface area contributed by atoms with Crippen molar-refractivity contribution in [3.8, 4) is 0 Å². The van der Waals surface area contributed by atoms with Crippen molar-refractivity contribution in [3.05, 3.63) is 65.2 Å². The summed E-state index contributed by atoms with van der Waals surface area (Å²) in [6.07, 6.45) is 1.71. The summed E-state index contributed by atoms with van der Waals surface area (Å²) >= 11 is 0. The summed E-state index contributed by atoms with van der Waals surface area (Å²) in [5, 5.41) is 3.03. The molecular weight excluding hydrogens is 243 g/mol. The molecule has 0 bridgehead atoms. The molecule has 1 aromatic heterocycles. The van der Waals surface area contributed by atoms with E-state index in [1.807, 2.05) is 18.2 Å². The van der Waals surface area contributed by atoms with Gasteiger partial charge in [0.15, 0.2) is 5.78 Å². The number of halogens is 1. The molecule has 1 heterocycles. The van der Waals surface area contributed by atoms with Crippen LogP contribution in [0.5, 0.6) is 0 Å². The number of benzene rings is 1. The van der Waals surface area contributed by atoms with Gasteiger partial charge in [-0.1, -0.05) is 6.07 Å². The van der Waals surface area contributed by atoms with Crippen LogP contribution < -0.4 is 5.32 Å². The van der Waals surface area contributed by atoms with E-state index >= 15 is 0 Å². The number of rotatable bonds is 5. The van der Waals surface area contributed by atoms with Crippen LogP contribution >= 0.6 is 0 Å². The van der Waals surface area contributed by atoms with Gasteiger partial charge in [-0.05, 0) is 42.8 Å². The molecule has 0 aliphatic heterocycles. The van der Waals surface area contributed by atoms with Gasteiger partial charge in [0, 0.05) is 18.3 Å². The number of aromatic nitrogens is 1. The highest BCUT2D eigenvalue weighted by atomic mass is 19.1. The maximum Gasteiger partial charge on any atom is 0.176 e. The van der Waals surface area contributed by atoms with Crippen molar-refractivity contribution in [1.82, 2.24) is 10.3 Å². The first-order valence-electron chi connectivity index (χ1n) is 6.07. The maximum atomic E-state index is 13.1. The number of nitrogens with zero attached hydrogens (tertiary/aromatic N) is 1. The molecule has 2 rings (SSSR count). The van der Waals surface area contributed by atoms with Gasteiger partial charge in [-0.2, -0.15) is 0 Å². The molecular formula is C15H15FN2O. The van der Waals surface area contributed by atoms with E-state index in [-0.39, 0.29) is 18.1 Å². The molecule has 1 aromatic carbocycles. The lowest BCUT2D eigenvalue weighted by Gasteiger charge is -2.05. The molecule has 98 valence electrons. The SMILES string of the molecule is Cc1cc(C(=O)CNCc2ccccn2)ccc1F. The molecule has 0 saturated carbocycles. The first kappa shape index (κ1) is 13.4. The highest BCUT2D eigenvalue weighted by molar-refractivity contribution is 5.97. The van der Waals surface area contributed by atoms with E-state index in [0.29, 0.717) is 17.7 Å². The van der Waals surface area contributed by atoms with E-state index in [4.69, 9.17) is 0 Å². The third-order valence-electron chi connectivity index (χ3n) is 2.80. The number of aryl methyl sites for hydroxylation is 1. The van der Waals surface area contributed by atoms with Crippen molar-refractivity contribution in [3.63, 3.8) is 0 Å². The Morgan fingerprint density at radius 3 is 2.84 bits per heavy atom. The van der Waals surface area contributed by atoms with Crippen LogP contribution in [0.25, 0.3) is 0 Å². The Morgan fingerprint density at radius 1 is 1.32 bits per heavy atom. The van der Waals surface area contributed by atoms with Gasteiger partial charge in [-0.25, -0.2) is 4.39 Å². The summed E-state index contributed by atoms with van der Waals surface area (Å²) in [5.74, 6) is -0.350. The zero-order chi connectivity index (χ0) is 13.7. The molecule has 4 heteroatoms. The van der Waals surface area contributed by atoms with Crippen LogP contribution in [-0.4, -0.2) is 17.3 Å². The number of ketones is 1. The van der Waals surface area contributed by atoms with Crippen LogP contribution in [-0.2, 0) is 6.54 Å². The van der Waals surface area contributed by atoms with Gasteiger partial charge in [-0.15, -0.1) is 0 Å². The van der Waals surface area contributed by atoms with Crippen molar-refractivity contribution >= 4 is 5.78 Å². The molecule has 19 heavy (non-hydrogen) atoms. The lowest BCUT2D eigenvalue weighted by molar-refractivity contribution is 0.0990. The number of pyridine rings is 1. The summed E-state index contributed by atoms with van der Waals surface area (Å²) in [6.45, 7) is 2.39. The minimum atomic E-state index is -0.294. The largest absolute Gasteiger partial charge is 0.304 e. The van der Waals surface area contributed by atoms with Crippen molar-refractivity contribution in [2.75, 3.05) is 6.54 Å². The van der Waals surface area contributed by atoms with Gasteiger partial charge in [0.05, 0.1) is 12.2 Å². The van der Waals surface area contributed by atoms with Gasteiger partial charge >= 0.3 is 0 Å². The zero-order valence-corrected chi connectivity index (χ0v) is 10.7. The molecule has 1 N–H and O–H groups in total. The van der Waals surface area contributed by atoms with Crippen LogP contribution in [0.15, 0.2) is 42.6 Å². The standard InChI is InChI=1S/C15H15FN2O/c1-11-8-12(5-6-14(11)16)15(19)10-17-9-13-4-2-3-7-18-13/h2-8,17H,9-10H2,1H3. The van der Waals surface area contributed by atoms with E-state index in [1.165, 1.54) is 12.1 Å². The second-order valence-corrected chi connectivity index (χ2v) is 4.31. The third kappa shape index (κ3) is 3.69. The van der Waals surface area contributed by atoms with E-state index in [9.17, 15) is 9.18 Å². The Balaban J connectivity index is 1.89. The Bertz CT molecular complexity index is 570. The molecule has 0 unspecified atom stereocenters. The van der Waals surface area contributed by atoms with E-state index < -0.39 is 0 Å². The first-order valence-corrected chi connectivity index (χ1v) is 6.07. The Kier molecular flexibility index (Phi) is 4.36. The van der Waals surface area contributed by atoms with Crippen LogP contribution in [0.1, 0.15) is 21.6 Å². The summed E-state index contributed by atoms with van der Waals surface area (Å²) < 4.78 is 13.1. The molecule has 0 atom stereocenters. The highest BCUT2D eigenvalue weighted by Crippen LogP contribution is 2.09. The topological polar surface area (TPSA) is 42.0 Å². The quantitative estimate of drug-likeness (QED) is 0.838. The molecule has 0 amide bonds. The average molecular weight is 258 g/mol. The summed E-state index contributed by atoms with van der Waals surface area (Å²) in [7, 11) is 0. The predicted molar refractivity (Wildman–Crippen MR) is 71.4 cm³/mol. The van der Waals surface area contributed by atoms with Crippen molar-refractivity contribution in [2.24, 2.45) is 0 Å². The highest BCUT2D eigenvalue weighted by Gasteiger charge is 2.07. The van der Waals surface area contributed by atoms with Gasteiger partial charge < -0.3 is 5.32 Å². The lowest BCUT2D eigenvalue weighted by atomic mass is 10.1. The van der Waals surface area contributed by atoms with E-state index in [2.05, 4.69) is 10.3 Å². The molecule has 2 aromatic rings. The predicted octanol–water partition coefficient (Wildman–Crippen LogP) is 2.50. The second kappa shape index (κ2) is 6.20. The monoisotopic (exact) mass is 258 g/mol. The van der Waals surface area contributed by atoms with Gasteiger partial charge in [0.2, 0.25) is 0 Å². The molecule has 0 aliphatic carbocycles. The second-order valence-electron chi connectivity index (χ2n) is 4.31. The first-order chi connectivity index (χ1) is 9.16. The average Bonchev–Trinajstić information content (AvgIpc) is 2.43. The summed E-state index contributed by atoms with van der Waals surface area (Å²) in [5.41, 5.74) is 1.88. The summed E-state index contributed by atoms with van der Waals surface area (Å²) in [4.78, 5) is 16.0. The minimum Gasteiger partial charge on any atom is -0.304 e. The molecule has 0 spiro atoms. The van der Waals surface area contributed by atoms with Gasteiger partial charge in [0.25, 0.3) is 0 Å².